The monoisotopic (exact) mass is 396 g/mol. The number of nitrogens with one attached hydrogen (secondary N) is 1. The van der Waals surface area contributed by atoms with Gasteiger partial charge in [-0.1, -0.05) is 42.3 Å². The Morgan fingerprint density at radius 3 is 1.73 bits per heavy atom. The second-order valence-electron chi connectivity index (χ2n) is 6.02. The Hall–Kier alpha value is -1.74. The summed E-state index contributed by atoms with van der Waals surface area (Å²) in [6.45, 7) is 5.78. The second kappa shape index (κ2) is 8.30. The summed E-state index contributed by atoms with van der Waals surface area (Å²) in [5.74, 6) is 0. The Bertz CT molecular complexity index is 936. The first-order valence-corrected chi connectivity index (χ1v) is 11.2. The first-order valence-electron chi connectivity index (χ1n) is 8.30. The molecule has 142 valence electrons. The summed E-state index contributed by atoms with van der Waals surface area (Å²) in [6, 6.07) is 13.1. The Kier molecular flexibility index (Phi) is 6.57. The van der Waals surface area contributed by atoms with Gasteiger partial charge in [-0.25, -0.2) is 21.6 Å². The van der Waals surface area contributed by atoms with Gasteiger partial charge in [-0.05, 0) is 38.1 Å². The van der Waals surface area contributed by atoms with Crippen molar-refractivity contribution in [3.05, 3.63) is 59.7 Å². The number of sulfonamides is 2. The molecule has 2 rings (SSSR count). The fourth-order valence-electron chi connectivity index (χ4n) is 2.41. The van der Waals surface area contributed by atoms with Crippen molar-refractivity contribution < 1.29 is 16.8 Å². The smallest absolute Gasteiger partial charge is 0.210 e. The van der Waals surface area contributed by atoms with Crippen LogP contribution < -0.4 is 4.72 Å². The molecule has 6 nitrogen and oxygen atoms in total. The third-order valence-corrected chi connectivity index (χ3v) is 7.46. The molecule has 2 aromatic rings. The molecule has 0 aliphatic carbocycles. The van der Waals surface area contributed by atoms with Gasteiger partial charge in [0.2, 0.25) is 20.0 Å². The lowest BCUT2D eigenvalue weighted by Gasteiger charge is -2.20. The lowest BCUT2D eigenvalue weighted by Crippen LogP contribution is -2.38. The van der Waals surface area contributed by atoms with Crippen LogP contribution in [0.25, 0.3) is 0 Å². The largest absolute Gasteiger partial charge is 0.243 e. The number of likely N-dealkylation sites (N-methyl/N-ethyl adjacent to an activating group) is 1. The maximum absolute atomic E-state index is 12.7. The second-order valence-corrected chi connectivity index (χ2v) is 9.73. The first kappa shape index (κ1) is 20.6. The van der Waals surface area contributed by atoms with Gasteiger partial charge in [-0.15, -0.1) is 0 Å². The van der Waals surface area contributed by atoms with E-state index in [9.17, 15) is 16.8 Å². The van der Waals surface area contributed by atoms with E-state index in [0.717, 1.165) is 11.1 Å². The molecular weight excluding hydrogens is 372 g/mol. The van der Waals surface area contributed by atoms with Crippen LogP contribution in [-0.4, -0.2) is 40.8 Å². The molecule has 8 heteroatoms. The lowest BCUT2D eigenvalue weighted by molar-refractivity contribution is 0.429. The van der Waals surface area contributed by atoms with E-state index in [1.165, 1.54) is 16.4 Å². The van der Waals surface area contributed by atoms with Crippen LogP contribution in [0.5, 0.6) is 0 Å². The van der Waals surface area contributed by atoms with E-state index in [1.54, 1.807) is 43.3 Å². The molecule has 0 amide bonds. The van der Waals surface area contributed by atoms with Crippen LogP contribution in [0.2, 0.25) is 0 Å². The van der Waals surface area contributed by atoms with Gasteiger partial charge in [0.15, 0.2) is 0 Å². The van der Waals surface area contributed by atoms with Crippen LogP contribution in [-0.2, 0) is 20.0 Å². The van der Waals surface area contributed by atoms with Gasteiger partial charge in [0.1, 0.15) is 0 Å². The summed E-state index contributed by atoms with van der Waals surface area (Å²) >= 11 is 0. The van der Waals surface area contributed by atoms with E-state index in [4.69, 9.17) is 0 Å². The van der Waals surface area contributed by atoms with Crippen molar-refractivity contribution in [2.24, 2.45) is 0 Å². The van der Waals surface area contributed by atoms with Gasteiger partial charge in [0, 0.05) is 19.6 Å². The molecule has 0 unspecified atom stereocenters. The molecule has 0 saturated carbocycles. The summed E-state index contributed by atoms with van der Waals surface area (Å²) in [6.07, 6.45) is 0. The third kappa shape index (κ3) is 4.91. The van der Waals surface area contributed by atoms with Crippen molar-refractivity contribution >= 4 is 20.0 Å². The zero-order valence-corrected chi connectivity index (χ0v) is 16.8. The van der Waals surface area contributed by atoms with Crippen molar-refractivity contribution in [2.75, 3.05) is 19.6 Å². The van der Waals surface area contributed by atoms with Gasteiger partial charge in [-0.3, -0.25) is 0 Å². The minimum absolute atomic E-state index is 0.00482. The average Bonchev–Trinajstić information content (AvgIpc) is 2.59. The first-order chi connectivity index (χ1) is 12.2. The normalized spacial score (nSPS) is 12.5. The summed E-state index contributed by atoms with van der Waals surface area (Å²) in [5.41, 5.74) is 1.93. The molecule has 0 atom stereocenters. The number of aryl methyl sites for hydroxylation is 2. The van der Waals surface area contributed by atoms with Crippen LogP contribution >= 0.6 is 0 Å². The van der Waals surface area contributed by atoms with E-state index in [-0.39, 0.29) is 29.4 Å². The Labute approximate surface area is 156 Å². The molecule has 0 heterocycles. The lowest BCUT2D eigenvalue weighted by atomic mass is 10.2. The van der Waals surface area contributed by atoms with Crippen LogP contribution in [0, 0.1) is 13.8 Å². The number of nitrogens with zero attached hydrogens (tertiary/aromatic N) is 1. The molecule has 0 fully saturated rings. The topological polar surface area (TPSA) is 83.6 Å². The molecule has 0 aliphatic rings. The standard InChI is InChI=1S/C18H24N2O4S2/c1-4-20(26(23,24)18-11-7-16(3)8-12-18)14-13-19-25(21,22)17-9-5-15(2)6-10-17/h5-12,19H,4,13-14H2,1-3H3. The van der Waals surface area contributed by atoms with E-state index < -0.39 is 20.0 Å². The van der Waals surface area contributed by atoms with Gasteiger partial charge in [0.25, 0.3) is 0 Å². The summed E-state index contributed by atoms with van der Waals surface area (Å²) in [5, 5.41) is 0. The maximum Gasteiger partial charge on any atom is 0.243 e. The summed E-state index contributed by atoms with van der Waals surface area (Å²) in [4.78, 5) is 0.360. The van der Waals surface area contributed by atoms with Gasteiger partial charge in [0.05, 0.1) is 9.79 Å². The third-order valence-electron chi connectivity index (χ3n) is 4.00. The Morgan fingerprint density at radius 2 is 1.27 bits per heavy atom. The highest BCUT2D eigenvalue weighted by Gasteiger charge is 2.23. The number of benzene rings is 2. The van der Waals surface area contributed by atoms with E-state index >= 15 is 0 Å². The maximum atomic E-state index is 12.7. The molecule has 26 heavy (non-hydrogen) atoms. The highest BCUT2D eigenvalue weighted by Crippen LogP contribution is 2.16. The van der Waals surface area contributed by atoms with Crippen LogP contribution in [0.4, 0.5) is 0 Å². The van der Waals surface area contributed by atoms with Gasteiger partial charge in [-0.2, -0.15) is 4.31 Å². The molecule has 2 aromatic carbocycles. The highest BCUT2D eigenvalue weighted by molar-refractivity contribution is 7.89. The van der Waals surface area contributed by atoms with Crippen molar-refractivity contribution in [2.45, 2.75) is 30.6 Å². The molecule has 1 N–H and O–H groups in total. The molecule has 0 saturated heterocycles. The summed E-state index contributed by atoms with van der Waals surface area (Å²) in [7, 11) is -7.33. The van der Waals surface area contributed by atoms with Crippen LogP contribution in [0.15, 0.2) is 58.3 Å². The molecule has 0 radical (unpaired) electrons. The van der Waals surface area contributed by atoms with E-state index in [1.807, 2.05) is 13.8 Å². The van der Waals surface area contributed by atoms with E-state index in [2.05, 4.69) is 4.72 Å². The predicted molar refractivity (Wildman–Crippen MR) is 102 cm³/mol. The van der Waals surface area contributed by atoms with Crippen molar-refractivity contribution in [1.82, 2.24) is 9.03 Å². The minimum Gasteiger partial charge on any atom is -0.210 e. The summed E-state index contributed by atoms with van der Waals surface area (Å²) < 4.78 is 53.7. The fourth-order valence-corrected chi connectivity index (χ4v) is 4.88. The zero-order chi connectivity index (χ0) is 19.4. The van der Waals surface area contributed by atoms with Crippen LogP contribution in [0.1, 0.15) is 18.1 Å². The molecule has 0 spiro atoms. The highest BCUT2D eigenvalue weighted by atomic mass is 32.2. The Morgan fingerprint density at radius 1 is 0.808 bits per heavy atom. The minimum atomic E-state index is -3.67. The zero-order valence-electron chi connectivity index (χ0n) is 15.1. The SMILES string of the molecule is CCN(CCNS(=O)(=O)c1ccc(C)cc1)S(=O)(=O)c1ccc(C)cc1. The quantitative estimate of drug-likeness (QED) is 0.742. The number of hydrogen-bond donors (Lipinski definition) is 1. The van der Waals surface area contributed by atoms with Gasteiger partial charge >= 0.3 is 0 Å². The molecule has 0 aromatic heterocycles. The molecular formula is C18H24N2O4S2. The predicted octanol–water partition coefficient (Wildman–Crippen LogP) is 2.29. The molecule has 0 aliphatic heterocycles. The van der Waals surface area contributed by atoms with Crippen molar-refractivity contribution in [3.8, 4) is 0 Å². The van der Waals surface area contributed by atoms with Gasteiger partial charge < -0.3 is 0 Å². The van der Waals surface area contributed by atoms with E-state index in [0.29, 0.717) is 0 Å². The number of hydrogen-bond acceptors (Lipinski definition) is 4. The number of rotatable bonds is 8. The molecule has 0 bridgehead atoms. The fraction of sp³-hybridized carbons (Fsp3) is 0.333. The Balaban J connectivity index is 2.06. The van der Waals surface area contributed by atoms with Crippen LogP contribution in [0.3, 0.4) is 0 Å². The average molecular weight is 397 g/mol. The van der Waals surface area contributed by atoms with Crippen molar-refractivity contribution in [1.29, 1.82) is 0 Å². The van der Waals surface area contributed by atoms with Crippen molar-refractivity contribution in [3.63, 3.8) is 0 Å².